The lowest BCUT2D eigenvalue weighted by molar-refractivity contribution is 0.436. The first-order valence-electron chi connectivity index (χ1n) is 3.07. The van der Waals surface area contributed by atoms with Crippen molar-refractivity contribution in [2.45, 2.75) is 0 Å². The summed E-state index contributed by atoms with van der Waals surface area (Å²) in [7, 11) is 0. The van der Waals surface area contributed by atoms with Crippen molar-refractivity contribution in [3.63, 3.8) is 0 Å². The first kappa shape index (κ1) is 12.3. The Kier molecular flexibility index (Phi) is 4.55. The second-order valence-corrected chi connectivity index (χ2v) is 2.42. The number of nitrogen functional groups attached to an aromatic ring is 4. The lowest BCUT2D eigenvalue weighted by Gasteiger charge is -2.01. The van der Waals surface area contributed by atoms with E-state index in [9.17, 15) is 0 Å². The first-order chi connectivity index (χ1) is 6.34. The second-order valence-electron chi connectivity index (χ2n) is 1.98. The summed E-state index contributed by atoms with van der Waals surface area (Å²) in [6.45, 7) is 0. The van der Waals surface area contributed by atoms with Crippen LogP contribution in [0.3, 0.4) is 0 Å². The van der Waals surface area contributed by atoms with Crippen LogP contribution in [0, 0.1) is 0 Å². The Morgan fingerprint density at radius 1 is 1.14 bits per heavy atom. The Labute approximate surface area is 81.6 Å². The average Bonchev–Trinajstić information content (AvgIpc) is 1.98. The van der Waals surface area contributed by atoms with Gasteiger partial charge in [0.05, 0.1) is 11.4 Å². The molecule has 0 radical (unpaired) electrons. The van der Waals surface area contributed by atoms with E-state index in [1.54, 1.807) is 0 Å². The van der Waals surface area contributed by atoms with Crippen LogP contribution in [-0.2, 0) is 11.4 Å². The molecule has 0 bridgehead atoms. The van der Waals surface area contributed by atoms with E-state index in [0.29, 0.717) is 0 Å². The van der Waals surface area contributed by atoms with Crippen LogP contribution in [0.1, 0.15) is 0 Å². The van der Waals surface area contributed by atoms with Crippen molar-refractivity contribution in [1.82, 2.24) is 9.97 Å². The van der Waals surface area contributed by atoms with Gasteiger partial charge in [-0.15, -0.1) is 0 Å². The van der Waals surface area contributed by atoms with Gasteiger partial charge < -0.3 is 32.0 Å². The Morgan fingerprint density at radius 3 is 1.71 bits per heavy atom. The van der Waals surface area contributed by atoms with Gasteiger partial charge in [0.25, 0.3) is 0 Å². The summed E-state index contributed by atoms with van der Waals surface area (Å²) in [6.07, 6.45) is 0. The normalized spacial score (nSPS) is 11.3. The van der Waals surface area contributed by atoms with Gasteiger partial charge in [0.15, 0.2) is 11.6 Å². The molecule has 1 rings (SSSR count). The van der Waals surface area contributed by atoms with E-state index in [2.05, 4.69) is 9.97 Å². The van der Waals surface area contributed by atoms with Crippen molar-refractivity contribution in [2.24, 2.45) is 0 Å². The maximum Gasteiger partial charge on any atom is 0.224 e. The molecule has 80 valence electrons. The van der Waals surface area contributed by atoms with Crippen LogP contribution in [-0.4, -0.2) is 23.3 Å². The molecule has 9 N–H and O–H groups in total. The third kappa shape index (κ3) is 4.39. The highest BCUT2D eigenvalue weighted by Crippen LogP contribution is 2.17. The number of nitrogens with zero attached hydrogens (tertiary/aromatic N) is 2. The second kappa shape index (κ2) is 5.16. The van der Waals surface area contributed by atoms with Crippen molar-refractivity contribution in [2.75, 3.05) is 22.9 Å². The maximum absolute atomic E-state index is 8.56. The number of aromatic nitrogens is 2. The smallest absolute Gasteiger partial charge is 0.224 e. The minimum absolute atomic E-state index is 0.0317. The lowest BCUT2D eigenvalue weighted by Crippen LogP contribution is -2.07. The van der Waals surface area contributed by atoms with Crippen LogP contribution >= 0.6 is 0 Å². The number of hydrogen-bond donors (Lipinski definition) is 5. The van der Waals surface area contributed by atoms with Crippen molar-refractivity contribution in [3.8, 4) is 0 Å². The van der Waals surface area contributed by atoms with Gasteiger partial charge in [-0.2, -0.15) is 9.97 Å². The summed E-state index contributed by atoms with van der Waals surface area (Å²) in [6, 6.07) is 0. The average molecular weight is 221 g/mol. The van der Waals surface area contributed by atoms with E-state index in [-0.39, 0.29) is 23.3 Å². The van der Waals surface area contributed by atoms with E-state index >= 15 is 0 Å². The minimum atomic E-state index is -2.86. The van der Waals surface area contributed by atoms with Crippen LogP contribution in [0.25, 0.3) is 0 Å². The first-order valence-corrected chi connectivity index (χ1v) is 4.10. The van der Waals surface area contributed by atoms with Gasteiger partial charge in [-0.3, -0.25) is 0 Å². The van der Waals surface area contributed by atoms with E-state index in [1.807, 2.05) is 0 Å². The summed E-state index contributed by atoms with van der Waals surface area (Å²) < 4.78 is 24.1. The molecule has 0 fully saturated rings. The lowest BCUT2D eigenvalue weighted by atomic mass is 10.4. The SMILES string of the molecule is Nc1nc(N)c(N)c(N)n1.O=S([O-])O. The molecule has 1 aromatic heterocycles. The van der Waals surface area contributed by atoms with Crippen molar-refractivity contribution in [1.29, 1.82) is 0 Å². The van der Waals surface area contributed by atoms with E-state index in [1.165, 1.54) is 0 Å². The Hall–Kier alpha value is -1.65. The van der Waals surface area contributed by atoms with Gasteiger partial charge in [-0.1, -0.05) is 0 Å². The highest BCUT2D eigenvalue weighted by atomic mass is 32.2. The summed E-state index contributed by atoms with van der Waals surface area (Å²) in [5, 5.41) is 0. The third-order valence-corrected chi connectivity index (χ3v) is 1.02. The summed E-state index contributed by atoms with van der Waals surface area (Å²) in [5.74, 6) is 0.263. The zero-order valence-corrected chi connectivity index (χ0v) is 7.69. The molecule has 0 amide bonds. The van der Waals surface area contributed by atoms with Crippen LogP contribution in [0.4, 0.5) is 23.3 Å². The molecule has 0 aromatic carbocycles. The molecule has 0 aliphatic carbocycles. The molecule has 10 heteroatoms. The molecular weight excluding hydrogens is 212 g/mol. The van der Waals surface area contributed by atoms with Gasteiger partial charge in [-0.05, 0) is 0 Å². The van der Waals surface area contributed by atoms with Crippen molar-refractivity contribution in [3.05, 3.63) is 0 Å². The van der Waals surface area contributed by atoms with Crippen molar-refractivity contribution < 1.29 is 13.3 Å². The molecule has 1 aromatic rings. The standard InChI is InChI=1S/C4H8N6.H2O3S/c5-1-2(6)9-4(8)10-3(1)7;1-4(2)3/h5H2,(H6,6,7,8,9,10);(H2,1,2,3)/p-1. The molecule has 0 saturated carbocycles. The Bertz CT molecular complexity index is 317. The molecule has 0 spiro atoms. The highest BCUT2D eigenvalue weighted by Gasteiger charge is 2.02. The predicted octanol–water partition coefficient (Wildman–Crippen LogP) is -1.86. The summed E-state index contributed by atoms with van der Waals surface area (Å²) >= 11 is -2.86. The van der Waals surface area contributed by atoms with Gasteiger partial charge >= 0.3 is 0 Å². The van der Waals surface area contributed by atoms with Crippen LogP contribution in [0.2, 0.25) is 0 Å². The largest absolute Gasteiger partial charge is 0.750 e. The number of rotatable bonds is 0. The Morgan fingerprint density at radius 2 is 1.43 bits per heavy atom. The van der Waals surface area contributed by atoms with E-state index in [4.69, 9.17) is 36.2 Å². The van der Waals surface area contributed by atoms with Gasteiger partial charge in [0, 0.05) is 0 Å². The van der Waals surface area contributed by atoms with Crippen LogP contribution < -0.4 is 22.9 Å². The molecule has 9 nitrogen and oxygen atoms in total. The molecule has 14 heavy (non-hydrogen) atoms. The molecule has 1 unspecified atom stereocenters. The molecule has 1 heterocycles. The minimum Gasteiger partial charge on any atom is -0.750 e. The van der Waals surface area contributed by atoms with E-state index < -0.39 is 11.4 Å². The molecule has 1 atom stereocenters. The molecular formula is C4H9N6O3S-. The number of anilines is 4. The number of hydrogen-bond acceptors (Lipinski definition) is 8. The summed E-state index contributed by atoms with van der Waals surface area (Å²) in [5.41, 5.74) is 21.3. The quantitative estimate of drug-likeness (QED) is 0.312. The van der Waals surface area contributed by atoms with Crippen molar-refractivity contribution >= 4 is 34.6 Å². The maximum atomic E-state index is 8.56. The van der Waals surface area contributed by atoms with E-state index in [0.717, 1.165) is 0 Å². The predicted molar refractivity (Wildman–Crippen MR) is 51.2 cm³/mol. The fourth-order valence-corrected chi connectivity index (χ4v) is 0.523. The van der Waals surface area contributed by atoms with Crippen LogP contribution in [0.15, 0.2) is 0 Å². The zero-order valence-electron chi connectivity index (χ0n) is 6.88. The molecule has 0 saturated heterocycles. The molecule has 0 aliphatic rings. The fraction of sp³-hybridized carbons (Fsp3) is 0. The van der Waals surface area contributed by atoms with Gasteiger partial charge in [0.2, 0.25) is 5.95 Å². The topological polar surface area (TPSA) is 190 Å². The van der Waals surface area contributed by atoms with Gasteiger partial charge in [0.1, 0.15) is 5.69 Å². The fourth-order valence-electron chi connectivity index (χ4n) is 0.523. The summed E-state index contributed by atoms with van der Waals surface area (Å²) in [4.78, 5) is 7.15. The number of nitrogens with two attached hydrogens (primary N) is 4. The third-order valence-electron chi connectivity index (χ3n) is 1.02. The zero-order chi connectivity index (χ0) is 11.3. The van der Waals surface area contributed by atoms with Crippen LogP contribution in [0.5, 0.6) is 0 Å². The highest BCUT2D eigenvalue weighted by molar-refractivity contribution is 7.73. The van der Waals surface area contributed by atoms with Gasteiger partial charge in [-0.25, -0.2) is 4.21 Å². The monoisotopic (exact) mass is 221 g/mol. The molecule has 0 aliphatic heterocycles. The Balaban J connectivity index is 0.000000364.